The Balaban J connectivity index is 2.21. The molecule has 0 aliphatic heterocycles. The van der Waals surface area contributed by atoms with Crippen molar-refractivity contribution in [2.24, 2.45) is 10.9 Å². The molecule has 0 atom stereocenters. The summed E-state index contributed by atoms with van der Waals surface area (Å²) >= 11 is 5.77. The van der Waals surface area contributed by atoms with Crippen molar-refractivity contribution in [2.45, 2.75) is 6.54 Å². The Bertz CT molecular complexity index is 535. The van der Waals surface area contributed by atoms with E-state index in [-0.39, 0.29) is 12.4 Å². The van der Waals surface area contributed by atoms with Gasteiger partial charge in [0.05, 0.1) is 0 Å². The molecule has 0 radical (unpaired) electrons. The van der Waals surface area contributed by atoms with E-state index < -0.39 is 0 Å². The number of benzene rings is 1. The van der Waals surface area contributed by atoms with Gasteiger partial charge in [0, 0.05) is 10.6 Å². The summed E-state index contributed by atoms with van der Waals surface area (Å²) in [5.74, 6) is 0.456. The van der Waals surface area contributed by atoms with Crippen molar-refractivity contribution < 1.29 is 5.21 Å². The lowest BCUT2D eigenvalue weighted by Gasteiger charge is -1.95. The highest BCUT2D eigenvalue weighted by Gasteiger charge is 2.06. The zero-order valence-corrected chi connectivity index (χ0v) is 9.41. The molecule has 0 aliphatic rings. The van der Waals surface area contributed by atoms with E-state index in [9.17, 15) is 0 Å². The molecular weight excluding hydrogens is 244 g/mol. The third kappa shape index (κ3) is 2.70. The number of nitrogens with two attached hydrogens (primary N) is 1. The van der Waals surface area contributed by atoms with Gasteiger partial charge < -0.3 is 10.9 Å². The molecule has 0 saturated carbocycles. The maximum atomic E-state index is 8.41. The van der Waals surface area contributed by atoms with Crippen molar-refractivity contribution in [3.63, 3.8) is 0 Å². The molecular formula is C9H9ClN6O. The summed E-state index contributed by atoms with van der Waals surface area (Å²) in [5, 5.41) is 23.6. The van der Waals surface area contributed by atoms with E-state index >= 15 is 0 Å². The van der Waals surface area contributed by atoms with Crippen LogP contribution in [0.4, 0.5) is 0 Å². The maximum absolute atomic E-state index is 8.41. The molecule has 1 aromatic heterocycles. The molecule has 3 N–H and O–H groups in total. The number of tetrazole rings is 1. The molecule has 88 valence electrons. The first-order valence-corrected chi connectivity index (χ1v) is 5.07. The monoisotopic (exact) mass is 252 g/mol. The Morgan fingerprint density at radius 2 is 2.12 bits per heavy atom. The number of amidine groups is 1. The number of oxime groups is 1. The number of hydrogen-bond donors (Lipinski definition) is 2. The van der Waals surface area contributed by atoms with Crippen LogP contribution in [-0.4, -0.2) is 31.3 Å². The second-order valence-electron chi connectivity index (χ2n) is 3.24. The van der Waals surface area contributed by atoms with E-state index in [1.807, 2.05) is 0 Å². The average Bonchev–Trinajstić information content (AvgIpc) is 2.78. The molecule has 0 unspecified atom stereocenters. The summed E-state index contributed by atoms with van der Waals surface area (Å²) < 4.78 is 0. The zero-order valence-electron chi connectivity index (χ0n) is 8.66. The molecule has 1 aromatic carbocycles. The van der Waals surface area contributed by atoms with Gasteiger partial charge in [-0.25, -0.2) is 0 Å². The fraction of sp³-hybridized carbons (Fsp3) is 0.111. The molecule has 0 bridgehead atoms. The lowest BCUT2D eigenvalue weighted by Crippen LogP contribution is -2.21. The number of halogens is 1. The predicted molar refractivity (Wildman–Crippen MR) is 61.7 cm³/mol. The van der Waals surface area contributed by atoms with Crippen LogP contribution in [0.2, 0.25) is 5.02 Å². The smallest absolute Gasteiger partial charge is 0.204 e. The summed E-state index contributed by atoms with van der Waals surface area (Å²) in [6, 6.07) is 7.04. The van der Waals surface area contributed by atoms with E-state index in [1.165, 1.54) is 4.80 Å². The van der Waals surface area contributed by atoms with E-state index in [1.54, 1.807) is 24.3 Å². The van der Waals surface area contributed by atoms with Crippen LogP contribution in [0.15, 0.2) is 29.4 Å². The first-order valence-electron chi connectivity index (χ1n) is 4.69. The first-order chi connectivity index (χ1) is 8.19. The van der Waals surface area contributed by atoms with E-state index in [0.717, 1.165) is 5.56 Å². The van der Waals surface area contributed by atoms with Gasteiger partial charge in [-0.3, -0.25) is 0 Å². The third-order valence-electron chi connectivity index (χ3n) is 1.99. The Labute approximate surface area is 101 Å². The van der Waals surface area contributed by atoms with Crippen molar-refractivity contribution in [3.8, 4) is 11.4 Å². The highest BCUT2D eigenvalue weighted by molar-refractivity contribution is 6.30. The Morgan fingerprint density at radius 1 is 1.41 bits per heavy atom. The summed E-state index contributed by atoms with van der Waals surface area (Å²) in [6.07, 6.45) is 0. The fourth-order valence-electron chi connectivity index (χ4n) is 1.20. The van der Waals surface area contributed by atoms with Crippen LogP contribution in [-0.2, 0) is 6.54 Å². The summed E-state index contributed by atoms with van der Waals surface area (Å²) in [5.41, 5.74) is 6.12. The third-order valence-corrected chi connectivity index (χ3v) is 2.24. The minimum Gasteiger partial charge on any atom is -0.409 e. The molecule has 7 nitrogen and oxygen atoms in total. The van der Waals surface area contributed by atoms with Gasteiger partial charge in [-0.05, 0) is 29.5 Å². The number of hydrogen-bond acceptors (Lipinski definition) is 5. The fourth-order valence-corrected chi connectivity index (χ4v) is 1.33. The predicted octanol–water partition coefficient (Wildman–Crippen LogP) is 0.740. The first kappa shape index (κ1) is 11.3. The molecule has 0 fully saturated rings. The van der Waals surface area contributed by atoms with Gasteiger partial charge in [0.15, 0.2) is 5.84 Å². The number of rotatable bonds is 3. The highest BCUT2D eigenvalue weighted by Crippen LogP contribution is 2.16. The largest absolute Gasteiger partial charge is 0.409 e. The van der Waals surface area contributed by atoms with Crippen LogP contribution in [0.5, 0.6) is 0 Å². The van der Waals surface area contributed by atoms with Gasteiger partial charge in [-0.15, -0.1) is 10.2 Å². The van der Waals surface area contributed by atoms with Gasteiger partial charge in [0.1, 0.15) is 6.54 Å². The summed E-state index contributed by atoms with van der Waals surface area (Å²) in [7, 11) is 0. The van der Waals surface area contributed by atoms with Crippen LogP contribution in [0.1, 0.15) is 0 Å². The lowest BCUT2D eigenvalue weighted by molar-refractivity contribution is 0.315. The molecule has 2 aromatic rings. The number of nitrogens with zero attached hydrogens (tertiary/aromatic N) is 5. The van der Waals surface area contributed by atoms with E-state index in [4.69, 9.17) is 22.5 Å². The molecule has 0 aliphatic carbocycles. The van der Waals surface area contributed by atoms with Crippen LogP contribution in [0.25, 0.3) is 11.4 Å². The van der Waals surface area contributed by atoms with Gasteiger partial charge in [0.25, 0.3) is 0 Å². The van der Waals surface area contributed by atoms with Crippen molar-refractivity contribution in [1.82, 2.24) is 20.2 Å². The van der Waals surface area contributed by atoms with Crippen molar-refractivity contribution in [1.29, 1.82) is 0 Å². The normalized spacial score (nSPS) is 11.7. The van der Waals surface area contributed by atoms with Crippen molar-refractivity contribution in [2.75, 3.05) is 0 Å². The molecule has 2 rings (SSSR count). The lowest BCUT2D eigenvalue weighted by atomic mass is 10.2. The highest BCUT2D eigenvalue weighted by atomic mass is 35.5. The van der Waals surface area contributed by atoms with E-state index in [0.29, 0.717) is 10.8 Å². The SMILES string of the molecule is NC(Cn1nnc(-c2ccc(Cl)cc2)n1)=NO. The van der Waals surface area contributed by atoms with Gasteiger partial charge >= 0.3 is 0 Å². The molecule has 0 amide bonds. The maximum Gasteiger partial charge on any atom is 0.204 e. The van der Waals surface area contributed by atoms with Crippen molar-refractivity contribution >= 4 is 17.4 Å². The van der Waals surface area contributed by atoms with Crippen LogP contribution in [0.3, 0.4) is 0 Å². The molecule has 1 heterocycles. The van der Waals surface area contributed by atoms with Crippen molar-refractivity contribution in [3.05, 3.63) is 29.3 Å². The Kier molecular flexibility index (Phi) is 3.20. The van der Waals surface area contributed by atoms with Gasteiger partial charge in [0.2, 0.25) is 5.82 Å². The average molecular weight is 253 g/mol. The summed E-state index contributed by atoms with van der Waals surface area (Å²) in [6.45, 7) is 0.0804. The Morgan fingerprint density at radius 3 is 2.76 bits per heavy atom. The van der Waals surface area contributed by atoms with Crippen LogP contribution < -0.4 is 5.73 Å². The van der Waals surface area contributed by atoms with Gasteiger partial charge in [-0.2, -0.15) is 4.80 Å². The zero-order chi connectivity index (χ0) is 12.3. The standard InChI is InChI=1S/C9H9ClN6O/c10-7-3-1-6(2-4-7)9-12-15-16(13-9)5-8(11)14-17/h1-4,17H,5H2,(H2,11,14). The van der Waals surface area contributed by atoms with Gasteiger partial charge in [-0.1, -0.05) is 16.8 Å². The minimum absolute atomic E-state index is 0.00468. The number of aromatic nitrogens is 4. The topological polar surface area (TPSA) is 102 Å². The summed E-state index contributed by atoms with van der Waals surface area (Å²) in [4.78, 5) is 1.24. The molecule has 0 saturated heterocycles. The molecule has 8 heteroatoms. The minimum atomic E-state index is 0.00468. The second-order valence-corrected chi connectivity index (χ2v) is 3.68. The second kappa shape index (κ2) is 4.79. The van der Waals surface area contributed by atoms with E-state index in [2.05, 4.69) is 20.6 Å². The quantitative estimate of drug-likeness (QED) is 0.363. The molecule has 17 heavy (non-hydrogen) atoms. The molecule has 0 spiro atoms. The Hall–Kier alpha value is -2.15. The van der Waals surface area contributed by atoms with Crippen LogP contribution >= 0.6 is 11.6 Å². The van der Waals surface area contributed by atoms with Crippen LogP contribution in [0, 0.1) is 0 Å².